The second kappa shape index (κ2) is 5.79. The summed E-state index contributed by atoms with van der Waals surface area (Å²) >= 11 is 0. The van der Waals surface area contributed by atoms with Crippen LogP contribution in [0.25, 0.3) is 0 Å². The summed E-state index contributed by atoms with van der Waals surface area (Å²) in [5.41, 5.74) is 4.27. The number of hydrogen-bond donors (Lipinski definition) is 1. The Morgan fingerprint density at radius 3 is 2.62 bits per heavy atom. The van der Waals surface area contributed by atoms with Gasteiger partial charge in [-0.3, -0.25) is 4.98 Å². The van der Waals surface area contributed by atoms with Gasteiger partial charge in [0.2, 0.25) is 5.95 Å². The van der Waals surface area contributed by atoms with E-state index in [0.29, 0.717) is 6.54 Å². The molecule has 0 saturated carbocycles. The summed E-state index contributed by atoms with van der Waals surface area (Å²) in [4.78, 5) is 9.01. The molecule has 0 bridgehead atoms. The van der Waals surface area contributed by atoms with E-state index in [0.717, 1.165) is 23.0 Å². The number of benzene rings is 1. The van der Waals surface area contributed by atoms with Crippen LogP contribution in [0.1, 0.15) is 17.0 Å². The lowest BCUT2D eigenvalue weighted by atomic mass is 10.2. The van der Waals surface area contributed by atoms with Crippen LogP contribution in [0.3, 0.4) is 0 Å². The zero-order chi connectivity index (χ0) is 14.7. The first-order chi connectivity index (χ1) is 10.2. The van der Waals surface area contributed by atoms with E-state index >= 15 is 0 Å². The Balaban J connectivity index is 1.88. The molecule has 0 unspecified atom stereocenters. The minimum Gasteiger partial charge on any atom is -0.326 e. The quantitative estimate of drug-likeness (QED) is 0.791. The third kappa shape index (κ3) is 3.11. The number of anilines is 2. The van der Waals surface area contributed by atoms with Gasteiger partial charge in [0.05, 0.1) is 17.9 Å². The molecule has 3 aromatic rings. The van der Waals surface area contributed by atoms with E-state index in [-0.39, 0.29) is 0 Å². The molecule has 0 fully saturated rings. The Labute approximate surface area is 124 Å². The number of nitrogens with zero attached hydrogens (tertiary/aromatic N) is 3. The highest BCUT2D eigenvalue weighted by molar-refractivity contribution is 5.53. The molecule has 4 heteroatoms. The molecule has 1 aromatic carbocycles. The Bertz CT molecular complexity index is 732. The lowest BCUT2D eigenvalue weighted by Gasteiger charge is -2.10. The van der Waals surface area contributed by atoms with Crippen molar-refractivity contribution in [3.63, 3.8) is 0 Å². The Morgan fingerprint density at radius 1 is 1.05 bits per heavy atom. The average molecular weight is 278 g/mol. The Morgan fingerprint density at radius 2 is 1.86 bits per heavy atom. The number of aryl methyl sites for hydroxylation is 2. The summed E-state index contributed by atoms with van der Waals surface area (Å²) in [5, 5.41) is 3.36. The van der Waals surface area contributed by atoms with Crippen LogP contribution >= 0.6 is 0 Å². The van der Waals surface area contributed by atoms with Crippen molar-refractivity contribution in [3.8, 4) is 0 Å². The molecular formula is C17H18N4. The van der Waals surface area contributed by atoms with Gasteiger partial charge in [0, 0.05) is 18.1 Å². The van der Waals surface area contributed by atoms with E-state index in [1.54, 1.807) is 0 Å². The molecular weight excluding hydrogens is 260 g/mol. The monoisotopic (exact) mass is 278 g/mol. The van der Waals surface area contributed by atoms with E-state index in [4.69, 9.17) is 0 Å². The lowest BCUT2D eigenvalue weighted by molar-refractivity contribution is 0.775. The van der Waals surface area contributed by atoms with E-state index in [9.17, 15) is 0 Å². The van der Waals surface area contributed by atoms with E-state index in [2.05, 4.69) is 32.8 Å². The van der Waals surface area contributed by atoms with Crippen LogP contribution in [0.15, 0.2) is 54.9 Å². The molecule has 0 atom stereocenters. The van der Waals surface area contributed by atoms with Gasteiger partial charge in [-0.1, -0.05) is 24.3 Å². The SMILES string of the molecule is Cc1cn(Cc2ncccc2C)c(Nc2ccccc2)n1. The maximum Gasteiger partial charge on any atom is 0.207 e. The third-order valence-electron chi connectivity index (χ3n) is 3.36. The topological polar surface area (TPSA) is 42.7 Å². The number of nitrogens with one attached hydrogen (secondary N) is 1. The molecule has 3 rings (SSSR count). The van der Waals surface area contributed by atoms with Gasteiger partial charge in [-0.15, -0.1) is 0 Å². The van der Waals surface area contributed by atoms with Gasteiger partial charge in [-0.2, -0.15) is 0 Å². The number of aromatic nitrogens is 3. The molecule has 0 radical (unpaired) electrons. The van der Waals surface area contributed by atoms with Gasteiger partial charge in [-0.25, -0.2) is 4.98 Å². The fourth-order valence-corrected chi connectivity index (χ4v) is 2.26. The van der Waals surface area contributed by atoms with Crippen molar-refractivity contribution in [2.45, 2.75) is 20.4 Å². The highest BCUT2D eigenvalue weighted by Crippen LogP contribution is 2.17. The van der Waals surface area contributed by atoms with Crippen LogP contribution in [0.4, 0.5) is 11.6 Å². The molecule has 0 amide bonds. The van der Waals surface area contributed by atoms with Gasteiger partial charge < -0.3 is 9.88 Å². The molecule has 1 N–H and O–H groups in total. The van der Waals surface area contributed by atoms with Gasteiger partial charge >= 0.3 is 0 Å². The first-order valence-electron chi connectivity index (χ1n) is 6.99. The Hall–Kier alpha value is -2.62. The van der Waals surface area contributed by atoms with Crippen molar-refractivity contribution in [2.24, 2.45) is 0 Å². The molecule has 0 spiro atoms. The first kappa shape index (κ1) is 13.4. The average Bonchev–Trinajstić information content (AvgIpc) is 2.82. The molecule has 0 saturated heterocycles. The summed E-state index contributed by atoms with van der Waals surface area (Å²) < 4.78 is 2.09. The second-order valence-corrected chi connectivity index (χ2v) is 5.09. The molecule has 2 heterocycles. The number of rotatable bonds is 4. The normalized spacial score (nSPS) is 10.6. The summed E-state index contributed by atoms with van der Waals surface area (Å²) in [7, 11) is 0. The number of hydrogen-bond acceptors (Lipinski definition) is 3. The smallest absolute Gasteiger partial charge is 0.207 e. The molecule has 2 aromatic heterocycles. The molecule has 0 aliphatic rings. The van der Waals surface area contributed by atoms with Crippen LogP contribution in [-0.2, 0) is 6.54 Å². The predicted octanol–water partition coefficient (Wildman–Crippen LogP) is 3.69. The molecule has 106 valence electrons. The second-order valence-electron chi connectivity index (χ2n) is 5.09. The highest BCUT2D eigenvalue weighted by Gasteiger charge is 2.08. The van der Waals surface area contributed by atoms with Crippen molar-refractivity contribution in [2.75, 3.05) is 5.32 Å². The highest BCUT2D eigenvalue weighted by atomic mass is 15.2. The van der Waals surface area contributed by atoms with Gasteiger partial charge in [0.15, 0.2) is 0 Å². The van der Waals surface area contributed by atoms with Crippen LogP contribution in [0.2, 0.25) is 0 Å². The maximum atomic E-state index is 4.56. The number of imidazole rings is 1. The molecule has 0 aliphatic carbocycles. The van der Waals surface area contributed by atoms with E-state index in [1.165, 1.54) is 5.56 Å². The summed E-state index contributed by atoms with van der Waals surface area (Å²) in [5.74, 6) is 0.837. The summed E-state index contributed by atoms with van der Waals surface area (Å²) in [6, 6.07) is 14.1. The van der Waals surface area contributed by atoms with Crippen molar-refractivity contribution < 1.29 is 0 Å². The zero-order valence-electron chi connectivity index (χ0n) is 12.2. The molecule has 21 heavy (non-hydrogen) atoms. The van der Waals surface area contributed by atoms with Crippen molar-refractivity contribution in [1.82, 2.24) is 14.5 Å². The van der Waals surface area contributed by atoms with Crippen LogP contribution < -0.4 is 5.32 Å². The van der Waals surface area contributed by atoms with Crippen LogP contribution in [0, 0.1) is 13.8 Å². The van der Waals surface area contributed by atoms with Crippen molar-refractivity contribution in [1.29, 1.82) is 0 Å². The van der Waals surface area contributed by atoms with E-state index < -0.39 is 0 Å². The van der Waals surface area contributed by atoms with Crippen molar-refractivity contribution in [3.05, 3.63) is 71.8 Å². The van der Waals surface area contributed by atoms with Crippen LogP contribution in [-0.4, -0.2) is 14.5 Å². The van der Waals surface area contributed by atoms with Gasteiger partial charge in [0.25, 0.3) is 0 Å². The fraction of sp³-hybridized carbons (Fsp3) is 0.176. The lowest BCUT2D eigenvalue weighted by Crippen LogP contribution is -2.06. The number of para-hydroxylation sites is 1. The largest absolute Gasteiger partial charge is 0.326 e. The minimum absolute atomic E-state index is 0.711. The predicted molar refractivity (Wildman–Crippen MR) is 84.8 cm³/mol. The zero-order valence-corrected chi connectivity index (χ0v) is 12.2. The minimum atomic E-state index is 0.711. The molecule has 4 nitrogen and oxygen atoms in total. The van der Waals surface area contributed by atoms with E-state index in [1.807, 2.05) is 55.7 Å². The van der Waals surface area contributed by atoms with Gasteiger partial charge in [0.1, 0.15) is 0 Å². The Kier molecular flexibility index (Phi) is 3.69. The number of pyridine rings is 1. The first-order valence-corrected chi connectivity index (χ1v) is 6.99. The molecule has 0 aliphatic heterocycles. The third-order valence-corrected chi connectivity index (χ3v) is 3.36. The van der Waals surface area contributed by atoms with Crippen molar-refractivity contribution >= 4 is 11.6 Å². The standard InChI is InChI=1S/C17H18N4/c1-13-7-6-10-18-16(13)12-21-11-14(2)19-17(21)20-15-8-4-3-5-9-15/h3-11H,12H2,1-2H3,(H,19,20). The summed E-state index contributed by atoms with van der Waals surface area (Å²) in [6.45, 7) is 4.79. The van der Waals surface area contributed by atoms with Gasteiger partial charge in [-0.05, 0) is 37.6 Å². The van der Waals surface area contributed by atoms with Crippen LogP contribution in [0.5, 0.6) is 0 Å². The summed E-state index contributed by atoms with van der Waals surface area (Å²) in [6.07, 6.45) is 3.87. The maximum absolute atomic E-state index is 4.56. The fourth-order valence-electron chi connectivity index (χ4n) is 2.26.